The van der Waals surface area contributed by atoms with E-state index in [-0.39, 0.29) is 5.41 Å². The van der Waals surface area contributed by atoms with E-state index in [0.717, 1.165) is 5.69 Å². The molecule has 0 bridgehead atoms. The summed E-state index contributed by atoms with van der Waals surface area (Å²) < 4.78 is 0. The van der Waals surface area contributed by atoms with Crippen molar-refractivity contribution < 1.29 is 0 Å². The second kappa shape index (κ2) is 6.77. The van der Waals surface area contributed by atoms with E-state index in [2.05, 4.69) is 106 Å². The molecule has 1 aliphatic rings. The van der Waals surface area contributed by atoms with Crippen molar-refractivity contribution in [2.75, 3.05) is 0 Å². The zero-order valence-electron chi connectivity index (χ0n) is 19.7. The molecule has 0 spiro atoms. The fourth-order valence-electron chi connectivity index (χ4n) is 6.10. The molecule has 6 aromatic rings. The molecule has 0 N–H and O–H groups in total. The molecule has 1 heterocycles. The molecule has 162 valence electrons. The number of nitrogens with zero attached hydrogens (tertiary/aromatic N) is 1. The lowest BCUT2D eigenvalue weighted by Crippen LogP contribution is -2.14. The lowest BCUT2D eigenvalue weighted by Gasteiger charge is -2.28. The molecule has 34 heavy (non-hydrogen) atoms. The van der Waals surface area contributed by atoms with Gasteiger partial charge in [0.1, 0.15) is 0 Å². The first kappa shape index (κ1) is 19.5. The van der Waals surface area contributed by atoms with Crippen LogP contribution in [0.25, 0.3) is 65.8 Å². The zero-order chi connectivity index (χ0) is 23.0. The van der Waals surface area contributed by atoms with E-state index < -0.39 is 0 Å². The maximum absolute atomic E-state index is 4.90. The van der Waals surface area contributed by atoms with E-state index in [1.165, 1.54) is 65.7 Å². The molecule has 5 aromatic carbocycles. The second-order valence-corrected chi connectivity index (χ2v) is 10.4. The van der Waals surface area contributed by atoms with Gasteiger partial charge in [-0.05, 0) is 72.1 Å². The van der Waals surface area contributed by atoms with Crippen LogP contribution in [0.2, 0.25) is 0 Å². The van der Waals surface area contributed by atoms with Gasteiger partial charge < -0.3 is 0 Å². The van der Waals surface area contributed by atoms with Crippen molar-refractivity contribution in [2.45, 2.75) is 26.2 Å². The fraction of sp³-hybridized carbons (Fsp3) is 0.121. The minimum absolute atomic E-state index is 0.0301. The van der Waals surface area contributed by atoms with Crippen molar-refractivity contribution in [1.82, 2.24) is 4.98 Å². The quantitative estimate of drug-likeness (QED) is 0.234. The molecule has 0 unspecified atom stereocenters. The number of pyridine rings is 1. The lowest BCUT2D eigenvalue weighted by molar-refractivity contribution is 0.598. The number of hydrogen-bond donors (Lipinski definition) is 0. The first-order chi connectivity index (χ1) is 16.5. The predicted octanol–water partition coefficient (Wildman–Crippen LogP) is 9.15. The fourth-order valence-corrected chi connectivity index (χ4v) is 6.10. The SMILES string of the molecule is CC(C)(C)c1c2c(c(-c3ccccn3)c3c1ccc1ccccc13)-c1cccc3cccc-2c13. The van der Waals surface area contributed by atoms with Crippen molar-refractivity contribution in [2.24, 2.45) is 0 Å². The first-order valence-electron chi connectivity index (χ1n) is 12.0. The highest BCUT2D eigenvalue weighted by atomic mass is 14.7. The average molecular weight is 436 g/mol. The minimum atomic E-state index is -0.0301. The number of benzene rings is 5. The van der Waals surface area contributed by atoms with Gasteiger partial charge in [0.05, 0.1) is 5.69 Å². The Bertz CT molecular complexity index is 1760. The lowest BCUT2D eigenvalue weighted by atomic mass is 9.75. The third-order valence-electron chi connectivity index (χ3n) is 7.31. The molecule has 0 saturated carbocycles. The third-order valence-corrected chi connectivity index (χ3v) is 7.31. The van der Waals surface area contributed by atoms with E-state index in [9.17, 15) is 0 Å². The molecule has 0 amide bonds. The Hall–Kier alpha value is -3.97. The van der Waals surface area contributed by atoms with E-state index >= 15 is 0 Å². The predicted molar refractivity (Wildman–Crippen MR) is 145 cm³/mol. The normalized spacial score (nSPS) is 12.6. The summed E-state index contributed by atoms with van der Waals surface area (Å²) in [5.41, 5.74) is 9.06. The van der Waals surface area contributed by atoms with Gasteiger partial charge in [-0.15, -0.1) is 0 Å². The Labute approximate surface area is 199 Å². The van der Waals surface area contributed by atoms with Crippen molar-refractivity contribution in [3.8, 4) is 33.5 Å². The van der Waals surface area contributed by atoms with Crippen molar-refractivity contribution in [3.63, 3.8) is 0 Å². The summed E-state index contributed by atoms with van der Waals surface area (Å²) in [4.78, 5) is 4.90. The molecule has 1 nitrogen and oxygen atoms in total. The number of fused-ring (bicyclic) bond motifs is 6. The summed E-state index contributed by atoms with van der Waals surface area (Å²) in [7, 11) is 0. The summed E-state index contributed by atoms with van der Waals surface area (Å²) in [6.07, 6.45) is 1.92. The van der Waals surface area contributed by atoms with Gasteiger partial charge in [0.2, 0.25) is 0 Å². The largest absolute Gasteiger partial charge is 0.256 e. The molecule has 1 aliphatic carbocycles. The van der Waals surface area contributed by atoms with E-state index in [0.29, 0.717) is 0 Å². The van der Waals surface area contributed by atoms with Gasteiger partial charge in [-0.3, -0.25) is 4.98 Å². The van der Waals surface area contributed by atoms with Crippen LogP contribution in [0.3, 0.4) is 0 Å². The molecule has 0 saturated heterocycles. The minimum Gasteiger partial charge on any atom is -0.256 e. The summed E-state index contributed by atoms with van der Waals surface area (Å²) in [6, 6.07) is 33.1. The van der Waals surface area contributed by atoms with Gasteiger partial charge in [0, 0.05) is 17.3 Å². The number of rotatable bonds is 1. The van der Waals surface area contributed by atoms with Crippen LogP contribution in [-0.2, 0) is 5.41 Å². The smallest absolute Gasteiger partial charge is 0.0714 e. The van der Waals surface area contributed by atoms with Crippen LogP contribution in [0, 0.1) is 0 Å². The number of hydrogen-bond acceptors (Lipinski definition) is 1. The van der Waals surface area contributed by atoms with E-state index in [4.69, 9.17) is 4.98 Å². The third kappa shape index (κ3) is 2.53. The molecule has 0 radical (unpaired) electrons. The molecular weight excluding hydrogens is 410 g/mol. The Morgan fingerprint density at radius 2 is 1.24 bits per heavy atom. The molecule has 0 fully saturated rings. The van der Waals surface area contributed by atoms with Crippen molar-refractivity contribution >= 4 is 32.3 Å². The maximum Gasteiger partial charge on any atom is 0.0714 e. The summed E-state index contributed by atoms with van der Waals surface area (Å²) >= 11 is 0. The molecule has 7 rings (SSSR count). The molecule has 0 atom stereocenters. The van der Waals surface area contributed by atoms with Gasteiger partial charge in [-0.25, -0.2) is 0 Å². The summed E-state index contributed by atoms with van der Waals surface area (Å²) in [6.45, 7) is 7.04. The highest BCUT2D eigenvalue weighted by Gasteiger charge is 2.34. The van der Waals surface area contributed by atoms with Gasteiger partial charge >= 0.3 is 0 Å². The van der Waals surface area contributed by atoms with Gasteiger partial charge in [-0.1, -0.05) is 99.6 Å². The van der Waals surface area contributed by atoms with Gasteiger partial charge in [0.15, 0.2) is 0 Å². The average Bonchev–Trinajstić information content (AvgIpc) is 3.18. The molecule has 1 heteroatoms. The van der Waals surface area contributed by atoms with Gasteiger partial charge in [0.25, 0.3) is 0 Å². The van der Waals surface area contributed by atoms with E-state index in [1.807, 2.05) is 12.3 Å². The van der Waals surface area contributed by atoms with Crippen LogP contribution in [-0.4, -0.2) is 4.98 Å². The van der Waals surface area contributed by atoms with Crippen LogP contribution in [0.1, 0.15) is 26.3 Å². The standard InChI is InChI=1S/C33H25N/c1-33(2,3)32-25-18-17-20-10-4-5-13-22(20)28(25)31(26-16-6-7-19-34-26)29-23-14-8-11-21-12-9-15-24(27(21)23)30(29)32/h4-19H,1-3H3. The highest BCUT2D eigenvalue weighted by molar-refractivity contribution is 6.27. The first-order valence-corrected chi connectivity index (χ1v) is 12.0. The maximum atomic E-state index is 4.90. The van der Waals surface area contributed by atoms with Gasteiger partial charge in [-0.2, -0.15) is 0 Å². The van der Waals surface area contributed by atoms with Crippen molar-refractivity contribution in [3.05, 3.63) is 103 Å². The highest BCUT2D eigenvalue weighted by Crippen LogP contribution is 2.57. The monoisotopic (exact) mass is 435 g/mol. The Morgan fingerprint density at radius 1 is 0.529 bits per heavy atom. The van der Waals surface area contributed by atoms with Crippen LogP contribution >= 0.6 is 0 Å². The van der Waals surface area contributed by atoms with Crippen molar-refractivity contribution in [1.29, 1.82) is 0 Å². The number of aromatic nitrogens is 1. The topological polar surface area (TPSA) is 12.9 Å². The second-order valence-electron chi connectivity index (χ2n) is 10.4. The Balaban J connectivity index is 1.84. The van der Waals surface area contributed by atoms with E-state index in [1.54, 1.807) is 0 Å². The molecule has 1 aromatic heterocycles. The van der Waals surface area contributed by atoms with Crippen LogP contribution in [0.4, 0.5) is 0 Å². The zero-order valence-corrected chi connectivity index (χ0v) is 19.7. The molecule has 0 aliphatic heterocycles. The molecular formula is C33H25N. The Kier molecular flexibility index (Phi) is 3.88. The summed E-state index contributed by atoms with van der Waals surface area (Å²) in [5.74, 6) is 0. The summed E-state index contributed by atoms with van der Waals surface area (Å²) in [5, 5.41) is 7.85. The van der Waals surface area contributed by atoms with Crippen LogP contribution < -0.4 is 0 Å². The van der Waals surface area contributed by atoms with Crippen LogP contribution in [0.5, 0.6) is 0 Å². The Morgan fingerprint density at radius 3 is 1.97 bits per heavy atom. The van der Waals surface area contributed by atoms with Crippen LogP contribution in [0.15, 0.2) is 97.2 Å².